The fourth-order valence-corrected chi connectivity index (χ4v) is 2.69. The first kappa shape index (κ1) is 13.1. The number of nitrogens with zero attached hydrogens (tertiary/aromatic N) is 2. The van der Waals surface area contributed by atoms with E-state index in [0.29, 0.717) is 6.54 Å². The third-order valence-corrected chi connectivity index (χ3v) is 4.10. The Labute approximate surface area is 113 Å². The van der Waals surface area contributed by atoms with Crippen molar-refractivity contribution in [1.29, 1.82) is 0 Å². The van der Waals surface area contributed by atoms with Crippen LogP contribution in [0.2, 0.25) is 0 Å². The minimum Gasteiger partial charge on any atom is -0.349 e. The molecule has 2 aromatic heterocycles. The van der Waals surface area contributed by atoms with Crippen LogP contribution in [0.15, 0.2) is 17.0 Å². The van der Waals surface area contributed by atoms with Crippen LogP contribution in [0, 0.1) is 0 Å². The molecule has 0 aliphatic heterocycles. The molecule has 0 saturated heterocycles. The van der Waals surface area contributed by atoms with Gasteiger partial charge in [-0.25, -0.2) is 9.97 Å². The van der Waals surface area contributed by atoms with E-state index in [9.17, 15) is 4.79 Å². The predicted molar refractivity (Wildman–Crippen MR) is 72.4 cm³/mol. The average molecular weight is 282 g/mol. The van der Waals surface area contributed by atoms with Gasteiger partial charge in [-0.05, 0) is 6.92 Å². The Morgan fingerprint density at radius 1 is 1.56 bits per heavy atom. The van der Waals surface area contributed by atoms with Crippen molar-refractivity contribution in [2.45, 2.75) is 25.9 Å². The monoisotopic (exact) mass is 282 g/mol. The van der Waals surface area contributed by atoms with Crippen molar-refractivity contribution in [3.8, 4) is 0 Å². The van der Waals surface area contributed by atoms with Gasteiger partial charge in [0.2, 0.25) is 5.91 Å². The van der Waals surface area contributed by atoms with Gasteiger partial charge < -0.3 is 11.1 Å². The summed E-state index contributed by atoms with van der Waals surface area (Å²) in [5.74, 6) is -0.0493. The lowest BCUT2D eigenvalue weighted by Crippen LogP contribution is -2.24. The van der Waals surface area contributed by atoms with Gasteiger partial charge in [0.1, 0.15) is 10.0 Å². The van der Waals surface area contributed by atoms with E-state index in [0.717, 1.165) is 15.7 Å². The summed E-state index contributed by atoms with van der Waals surface area (Å²) in [7, 11) is 0. The first-order chi connectivity index (χ1) is 8.65. The van der Waals surface area contributed by atoms with Crippen LogP contribution < -0.4 is 11.1 Å². The summed E-state index contributed by atoms with van der Waals surface area (Å²) in [5, 5.41) is 8.34. The van der Waals surface area contributed by atoms with Gasteiger partial charge in [0, 0.05) is 17.0 Å². The van der Waals surface area contributed by atoms with Gasteiger partial charge >= 0.3 is 0 Å². The Balaban J connectivity index is 1.83. The Hall–Kier alpha value is -1.31. The molecule has 7 heteroatoms. The highest BCUT2D eigenvalue weighted by Crippen LogP contribution is 2.16. The van der Waals surface area contributed by atoms with Crippen molar-refractivity contribution in [2.24, 2.45) is 5.73 Å². The van der Waals surface area contributed by atoms with Gasteiger partial charge in [-0.3, -0.25) is 4.79 Å². The van der Waals surface area contributed by atoms with E-state index in [-0.39, 0.29) is 18.4 Å². The molecule has 0 aliphatic rings. The van der Waals surface area contributed by atoms with Crippen LogP contribution in [0.5, 0.6) is 0 Å². The zero-order valence-electron chi connectivity index (χ0n) is 9.92. The molecule has 0 fully saturated rings. The van der Waals surface area contributed by atoms with Crippen LogP contribution in [-0.4, -0.2) is 15.9 Å². The van der Waals surface area contributed by atoms with E-state index >= 15 is 0 Å². The lowest BCUT2D eigenvalue weighted by molar-refractivity contribution is -0.120. The highest BCUT2D eigenvalue weighted by molar-refractivity contribution is 7.09. The van der Waals surface area contributed by atoms with Crippen molar-refractivity contribution in [3.63, 3.8) is 0 Å². The smallest absolute Gasteiger partial charge is 0.226 e. The molecule has 2 rings (SSSR count). The second-order valence-electron chi connectivity index (χ2n) is 3.85. The average Bonchev–Trinajstić information content (AvgIpc) is 2.96. The maximum atomic E-state index is 11.7. The molecular weight excluding hydrogens is 268 g/mol. The second kappa shape index (κ2) is 6.03. The molecule has 0 saturated carbocycles. The molecule has 96 valence electrons. The van der Waals surface area contributed by atoms with E-state index < -0.39 is 0 Å². The summed E-state index contributed by atoms with van der Waals surface area (Å²) in [5.41, 5.74) is 6.49. The maximum Gasteiger partial charge on any atom is 0.226 e. The normalized spacial score (nSPS) is 12.3. The largest absolute Gasteiger partial charge is 0.349 e. The number of nitrogens with one attached hydrogen (secondary N) is 1. The number of nitrogens with two attached hydrogens (primary N) is 1. The number of amides is 1. The summed E-state index contributed by atoms with van der Waals surface area (Å²) in [6.07, 6.45) is 2.01. The quantitative estimate of drug-likeness (QED) is 0.870. The minimum atomic E-state index is -0.0814. The molecule has 2 heterocycles. The predicted octanol–water partition coefficient (Wildman–Crippen LogP) is 1.48. The van der Waals surface area contributed by atoms with Crippen LogP contribution in [0.1, 0.15) is 28.7 Å². The minimum absolute atomic E-state index is 0.0493. The molecule has 0 radical (unpaired) electrons. The lowest BCUT2D eigenvalue weighted by Gasteiger charge is -2.01. The van der Waals surface area contributed by atoms with Gasteiger partial charge in [-0.1, -0.05) is 0 Å². The topological polar surface area (TPSA) is 80.9 Å². The molecule has 3 N–H and O–H groups in total. The number of rotatable bonds is 5. The highest BCUT2D eigenvalue weighted by atomic mass is 32.1. The van der Waals surface area contributed by atoms with Crippen LogP contribution >= 0.6 is 22.7 Å². The Kier molecular flexibility index (Phi) is 4.40. The van der Waals surface area contributed by atoms with E-state index in [1.807, 2.05) is 17.7 Å². The maximum absolute atomic E-state index is 11.7. The van der Waals surface area contributed by atoms with Crippen molar-refractivity contribution in [3.05, 3.63) is 32.7 Å². The number of aromatic nitrogens is 2. The van der Waals surface area contributed by atoms with Crippen LogP contribution in [-0.2, 0) is 17.8 Å². The van der Waals surface area contributed by atoms with Gasteiger partial charge in [-0.2, -0.15) is 0 Å². The standard InChI is InChI=1S/C11H14N4OS2/c1-7(12)11-15-8(6-18-11)4-9(16)14-5-10-13-2-3-17-10/h2-3,6-7H,4-5,12H2,1H3,(H,14,16). The highest BCUT2D eigenvalue weighted by Gasteiger charge is 2.10. The summed E-state index contributed by atoms with van der Waals surface area (Å²) >= 11 is 3.01. The number of carbonyl (C=O) groups excluding carboxylic acids is 1. The fraction of sp³-hybridized carbons (Fsp3) is 0.364. The number of carbonyl (C=O) groups is 1. The van der Waals surface area contributed by atoms with Crippen LogP contribution in [0.4, 0.5) is 0 Å². The van der Waals surface area contributed by atoms with E-state index in [1.165, 1.54) is 22.7 Å². The van der Waals surface area contributed by atoms with Gasteiger partial charge in [0.15, 0.2) is 0 Å². The van der Waals surface area contributed by atoms with Crippen LogP contribution in [0.25, 0.3) is 0 Å². The van der Waals surface area contributed by atoms with Crippen LogP contribution in [0.3, 0.4) is 0 Å². The molecule has 18 heavy (non-hydrogen) atoms. The molecule has 0 aliphatic carbocycles. The summed E-state index contributed by atoms with van der Waals surface area (Å²) in [4.78, 5) is 20.1. The van der Waals surface area contributed by atoms with Crippen molar-refractivity contribution in [1.82, 2.24) is 15.3 Å². The first-order valence-corrected chi connectivity index (χ1v) is 7.26. The molecule has 0 bridgehead atoms. The molecular formula is C11H14N4OS2. The number of thiazole rings is 2. The molecule has 0 spiro atoms. The Bertz CT molecular complexity index is 507. The molecule has 2 aromatic rings. The Morgan fingerprint density at radius 3 is 3.00 bits per heavy atom. The number of hydrogen-bond acceptors (Lipinski definition) is 6. The lowest BCUT2D eigenvalue weighted by atomic mass is 10.3. The summed E-state index contributed by atoms with van der Waals surface area (Å²) < 4.78 is 0. The molecule has 1 amide bonds. The van der Waals surface area contributed by atoms with E-state index in [4.69, 9.17) is 5.73 Å². The third-order valence-electron chi connectivity index (χ3n) is 2.22. The van der Waals surface area contributed by atoms with Gasteiger partial charge in [-0.15, -0.1) is 22.7 Å². The summed E-state index contributed by atoms with van der Waals surface area (Å²) in [6, 6.07) is -0.0814. The zero-order chi connectivity index (χ0) is 13.0. The van der Waals surface area contributed by atoms with Crippen molar-refractivity contribution < 1.29 is 4.79 Å². The number of hydrogen-bond donors (Lipinski definition) is 2. The zero-order valence-corrected chi connectivity index (χ0v) is 11.6. The van der Waals surface area contributed by atoms with E-state index in [1.54, 1.807) is 6.20 Å². The SMILES string of the molecule is CC(N)c1nc(CC(=O)NCc2nccs2)cs1. The molecule has 5 nitrogen and oxygen atoms in total. The van der Waals surface area contributed by atoms with Crippen molar-refractivity contribution in [2.75, 3.05) is 0 Å². The second-order valence-corrected chi connectivity index (χ2v) is 5.71. The first-order valence-electron chi connectivity index (χ1n) is 5.50. The summed E-state index contributed by atoms with van der Waals surface area (Å²) in [6.45, 7) is 2.35. The fourth-order valence-electron chi connectivity index (χ4n) is 1.35. The third kappa shape index (κ3) is 3.59. The van der Waals surface area contributed by atoms with Gasteiger partial charge in [0.25, 0.3) is 0 Å². The molecule has 0 aromatic carbocycles. The Morgan fingerprint density at radius 2 is 2.39 bits per heavy atom. The van der Waals surface area contributed by atoms with E-state index in [2.05, 4.69) is 15.3 Å². The molecule has 1 atom stereocenters. The molecule has 1 unspecified atom stereocenters. The van der Waals surface area contributed by atoms with Gasteiger partial charge in [0.05, 0.1) is 24.7 Å². The van der Waals surface area contributed by atoms with Crippen molar-refractivity contribution >= 4 is 28.6 Å².